The van der Waals surface area contributed by atoms with Crippen LogP contribution < -0.4 is 4.74 Å². The van der Waals surface area contributed by atoms with E-state index in [1.165, 1.54) is 11.1 Å². The van der Waals surface area contributed by atoms with Crippen LogP contribution in [0.5, 0.6) is 5.75 Å². The Balaban J connectivity index is 2.09. The Labute approximate surface area is 137 Å². The zero-order valence-corrected chi connectivity index (χ0v) is 13.8. The first-order valence-electron chi connectivity index (χ1n) is 7.81. The largest absolute Gasteiger partial charge is 0.497 e. The lowest BCUT2D eigenvalue weighted by molar-refractivity contribution is 0.154. The first kappa shape index (κ1) is 15.4. The van der Waals surface area contributed by atoms with Crippen LogP contribution >= 0.6 is 0 Å². The van der Waals surface area contributed by atoms with Gasteiger partial charge in [-0.05, 0) is 35.2 Å². The molecule has 120 valence electrons. The topological polar surface area (TPSA) is 32.8 Å². The van der Waals surface area contributed by atoms with Crippen LogP contribution in [0.2, 0.25) is 0 Å². The summed E-state index contributed by atoms with van der Waals surface area (Å²) < 4.78 is 5.34. The standard InChI is InChI=1S/C19H22N2O2/c1-20(2)19(22)21-12-11-15-13-16(23-3)9-10-17(15)18(21)14-7-5-4-6-8-14/h4-10,13,18H,11-12H2,1-3H3. The smallest absolute Gasteiger partial charge is 0.320 e. The van der Waals surface area contributed by atoms with E-state index in [1.807, 2.05) is 29.2 Å². The van der Waals surface area contributed by atoms with E-state index in [9.17, 15) is 4.79 Å². The van der Waals surface area contributed by atoms with Crippen molar-refractivity contribution in [2.24, 2.45) is 0 Å². The highest BCUT2D eigenvalue weighted by molar-refractivity contribution is 5.75. The molecule has 2 aromatic carbocycles. The predicted molar refractivity (Wildman–Crippen MR) is 90.8 cm³/mol. The lowest BCUT2D eigenvalue weighted by atomic mass is 9.88. The molecule has 23 heavy (non-hydrogen) atoms. The monoisotopic (exact) mass is 310 g/mol. The second-order valence-corrected chi connectivity index (χ2v) is 6.00. The van der Waals surface area contributed by atoms with E-state index < -0.39 is 0 Å². The first-order chi connectivity index (χ1) is 11.1. The summed E-state index contributed by atoms with van der Waals surface area (Å²) in [7, 11) is 5.28. The Kier molecular flexibility index (Phi) is 4.24. The van der Waals surface area contributed by atoms with Gasteiger partial charge >= 0.3 is 6.03 Å². The van der Waals surface area contributed by atoms with Crippen LogP contribution in [-0.4, -0.2) is 43.6 Å². The molecule has 1 aliphatic heterocycles. The maximum atomic E-state index is 12.6. The molecule has 4 nitrogen and oxygen atoms in total. The Hall–Kier alpha value is -2.49. The second-order valence-electron chi connectivity index (χ2n) is 6.00. The van der Waals surface area contributed by atoms with Crippen molar-refractivity contribution in [1.29, 1.82) is 0 Å². The number of ether oxygens (including phenoxy) is 1. The number of urea groups is 1. The molecule has 1 atom stereocenters. The Morgan fingerprint density at radius 2 is 1.91 bits per heavy atom. The number of carbonyl (C=O) groups excluding carboxylic acids is 1. The van der Waals surface area contributed by atoms with Crippen molar-refractivity contribution in [3.8, 4) is 5.75 Å². The number of hydrogen-bond donors (Lipinski definition) is 0. The quantitative estimate of drug-likeness (QED) is 0.852. The lowest BCUT2D eigenvalue weighted by Crippen LogP contribution is -2.45. The van der Waals surface area contributed by atoms with E-state index in [0.29, 0.717) is 6.54 Å². The molecule has 0 spiro atoms. The van der Waals surface area contributed by atoms with Crippen molar-refractivity contribution >= 4 is 6.03 Å². The van der Waals surface area contributed by atoms with Gasteiger partial charge in [-0.15, -0.1) is 0 Å². The minimum Gasteiger partial charge on any atom is -0.497 e. The Bertz CT molecular complexity index is 698. The van der Waals surface area contributed by atoms with Crippen molar-refractivity contribution in [1.82, 2.24) is 9.80 Å². The van der Waals surface area contributed by atoms with Gasteiger partial charge in [-0.25, -0.2) is 4.79 Å². The van der Waals surface area contributed by atoms with Crippen LogP contribution in [-0.2, 0) is 6.42 Å². The number of benzene rings is 2. The predicted octanol–water partition coefficient (Wildman–Crippen LogP) is 3.32. The molecule has 0 N–H and O–H groups in total. The summed E-state index contributed by atoms with van der Waals surface area (Å²) in [5, 5.41) is 0. The molecule has 4 heteroatoms. The maximum Gasteiger partial charge on any atom is 0.320 e. The van der Waals surface area contributed by atoms with Crippen molar-refractivity contribution in [3.63, 3.8) is 0 Å². The van der Waals surface area contributed by atoms with E-state index in [2.05, 4.69) is 24.3 Å². The second kappa shape index (κ2) is 6.32. The summed E-state index contributed by atoms with van der Waals surface area (Å²) in [5.74, 6) is 0.864. The molecule has 0 aromatic heterocycles. The molecular weight excluding hydrogens is 288 g/mol. The fourth-order valence-electron chi connectivity index (χ4n) is 3.19. The molecule has 0 radical (unpaired) electrons. The van der Waals surface area contributed by atoms with Gasteiger partial charge in [-0.3, -0.25) is 0 Å². The van der Waals surface area contributed by atoms with Crippen LogP contribution in [0.25, 0.3) is 0 Å². The average Bonchev–Trinajstić information content (AvgIpc) is 2.60. The molecule has 0 saturated carbocycles. The summed E-state index contributed by atoms with van der Waals surface area (Å²) in [6, 6.07) is 16.3. The van der Waals surface area contributed by atoms with E-state index in [4.69, 9.17) is 4.74 Å². The zero-order valence-electron chi connectivity index (χ0n) is 13.8. The van der Waals surface area contributed by atoms with Crippen molar-refractivity contribution in [2.45, 2.75) is 12.5 Å². The van der Waals surface area contributed by atoms with E-state index in [1.54, 1.807) is 26.1 Å². The molecule has 0 bridgehead atoms. The summed E-state index contributed by atoms with van der Waals surface area (Å²) >= 11 is 0. The molecule has 0 aliphatic carbocycles. The fraction of sp³-hybridized carbons (Fsp3) is 0.316. The Morgan fingerprint density at radius 3 is 2.57 bits per heavy atom. The van der Waals surface area contributed by atoms with E-state index in [-0.39, 0.29) is 12.1 Å². The third kappa shape index (κ3) is 2.89. The van der Waals surface area contributed by atoms with Gasteiger partial charge in [0.15, 0.2) is 0 Å². The zero-order chi connectivity index (χ0) is 16.4. The Morgan fingerprint density at radius 1 is 1.17 bits per heavy atom. The van der Waals surface area contributed by atoms with Gasteiger partial charge in [0.05, 0.1) is 13.2 Å². The lowest BCUT2D eigenvalue weighted by Gasteiger charge is -2.39. The number of carbonyl (C=O) groups is 1. The molecule has 2 aromatic rings. The molecule has 3 rings (SSSR count). The fourth-order valence-corrected chi connectivity index (χ4v) is 3.19. The highest BCUT2D eigenvalue weighted by Gasteiger charge is 2.32. The van der Waals surface area contributed by atoms with Crippen molar-refractivity contribution in [2.75, 3.05) is 27.7 Å². The van der Waals surface area contributed by atoms with Crippen molar-refractivity contribution in [3.05, 3.63) is 65.2 Å². The van der Waals surface area contributed by atoms with Gasteiger partial charge in [-0.1, -0.05) is 36.4 Å². The normalized spacial score (nSPS) is 16.7. The highest BCUT2D eigenvalue weighted by Crippen LogP contribution is 2.37. The summed E-state index contributed by atoms with van der Waals surface area (Å²) in [6.45, 7) is 0.705. The van der Waals surface area contributed by atoms with Crippen LogP contribution in [0.3, 0.4) is 0 Å². The summed E-state index contributed by atoms with van der Waals surface area (Å²) in [6.07, 6.45) is 0.843. The van der Waals surface area contributed by atoms with Crippen LogP contribution in [0.4, 0.5) is 4.79 Å². The van der Waals surface area contributed by atoms with E-state index >= 15 is 0 Å². The van der Waals surface area contributed by atoms with E-state index in [0.717, 1.165) is 17.7 Å². The summed E-state index contributed by atoms with van der Waals surface area (Å²) in [5.41, 5.74) is 3.56. The van der Waals surface area contributed by atoms with Crippen molar-refractivity contribution < 1.29 is 9.53 Å². The SMILES string of the molecule is COc1ccc2c(c1)CCN(C(=O)N(C)C)C2c1ccccc1. The minimum absolute atomic E-state index is 0.0420. The molecule has 1 unspecified atom stereocenters. The minimum atomic E-state index is -0.0549. The number of hydrogen-bond acceptors (Lipinski definition) is 2. The van der Waals surface area contributed by atoms with Crippen LogP contribution in [0.15, 0.2) is 48.5 Å². The number of fused-ring (bicyclic) bond motifs is 1. The van der Waals surface area contributed by atoms with Crippen LogP contribution in [0, 0.1) is 0 Å². The third-order valence-electron chi connectivity index (χ3n) is 4.32. The maximum absolute atomic E-state index is 12.6. The number of methoxy groups -OCH3 is 1. The van der Waals surface area contributed by atoms with Gasteiger partial charge in [0.1, 0.15) is 5.75 Å². The van der Waals surface area contributed by atoms with Gasteiger partial charge in [0.25, 0.3) is 0 Å². The van der Waals surface area contributed by atoms with Gasteiger partial charge < -0.3 is 14.5 Å². The molecular formula is C19H22N2O2. The molecule has 1 heterocycles. The van der Waals surface area contributed by atoms with Crippen LogP contribution in [0.1, 0.15) is 22.7 Å². The average molecular weight is 310 g/mol. The van der Waals surface area contributed by atoms with Gasteiger partial charge in [-0.2, -0.15) is 0 Å². The molecule has 2 amide bonds. The number of rotatable bonds is 2. The number of nitrogens with zero attached hydrogens (tertiary/aromatic N) is 2. The van der Waals surface area contributed by atoms with Gasteiger partial charge in [0, 0.05) is 20.6 Å². The third-order valence-corrected chi connectivity index (χ3v) is 4.32. The van der Waals surface area contributed by atoms with Gasteiger partial charge in [0.2, 0.25) is 0 Å². The highest BCUT2D eigenvalue weighted by atomic mass is 16.5. The number of amides is 2. The molecule has 0 fully saturated rings. The summed E-state index contributed by atoms with van der Waals surface area (Å²) in [4.78, 5) is 16.2. The first-order valence-corrected chi connectivity index (χ1v) is 7.81. The molecule has 0 saturated heterocycles. The molecule has 1 aliphatic rings.